The molecule has 0 saturated carbocycles. The Bertz CT molecular complexity index is 603. The predicted octanol–water partition coefficient (Wildman–Crippen LogP) is 2.48. The molecule has 2 aromatic rings. The number of benzene rings is 1. The van der Waals surface area contributed by atoms with E-state index in [-0.39, 0.29) is 11.6 Å². The second-order valence-corrected chi connectivity index (χ2v) is 5.08. The lowest BCUT2D eigenvalue weighted by molar-refractivity contribution is 0.102. The van der Waals surface area contributed by atoms with E-state index >= 15 is 0 Å². The van der Waals surface area contributed by atoms with Gasteiger partial charge in [-0.1, -0.05) is 0 Å². The summed E-state index contributed by atoms with van der Waals surface area (Å²) in [5.41, 5.74) is 8.11. The fraction of sp³-hybridized carbons (Fsp3) is 0.333. The molecule has 0 radical (unpaired) electrons. The summed E-state index contributed by atoms with van der Waals surface area (Å²) in [6.45, 7) is 7.37. The van der Waals surface area contributed by atoms with Crippen molar-refractivity contribution in [1.29, 1.82) is 0 Å². The summed E-state index contributed by atoms with van der Waals surface area (Å²) in [6.07, 6.45) is 1.42. The Morgan fingerprint density at radius 2 is 2.05 bits per heavy atom. The molecule has 0 unspecified atom stereocenters. The van der Waals surface area contributed by atoms with Gasteiger partial charge in [-0.3, -0.25) is 9.89 Å². The highest BCUT2D eigenvalue weighted by Crippen LogP contribution is 2.20. The van der Waals surface area contributed by atoms with Crippen molar-refractivity contribution < 1.29 is 4.79 Å². The second kappa shape index (κ2) is 6.30. The number of nitrogens with two attached hydrogens (primary N) is 1. The molecule has 1 heterocycles. The van der Waals surface area contributed by atoms with Crippen molar-refractivity contribution in [2.75, 3.05) is 22.5 Å². The molecular weight excluding hydrogens is 266 g/mol. The summed E-state index contributed by atoms with van der Waals surface area (Å²) in [6, 6.07) is 8.18. The average molecular weight is 287 g/mol. The van der Waals surface area contributed by atoms with Crippen molar-refractivity contribution in [3.8, 4) is 0 Å². The number of anilines is 3. The van der Waals surface area contributed by atoms with Crippen LogP contribution < -0.4 is 16.0 Å². The number of hydrogen-bond acceptors (Lipinski definition) is 4. The molecule has 0 spiro atoms. The van der Waals surface area contributed by atoms with Gasteiger partial charge in [0.05, 0.1) is 11.9 Å². The Kier molecular flexibility index (Phi) is 4.47. The highest BCUT2D eigenvalue weighted by atomic mass is 16.2. The van der Waals surface area contributed by atoms with Crippen LogP contribution in [-0.4, -0.2) is 28.7 Å². The molecule has 0 aliphatic heterocycles. The maximum atomic E-state index is 12.0. The van der Waals surface area contributed by atoms with Crippen LogP contribution in [0.25, 0.3) is 0 Å². The Hall–Kier alpha value is -2.50. The number of nitrogens with one attached hydrogen (secondary N) is 2. The molecule has 0 fully saturated rings. The molecular formula is C15H21N5O. The third kappa shape index (κ3) is 3.34. The van der Waals surface area contributed by atoms with E-state index < -0.39 is 0 Å². The van der Waals surface area contributed by atoms with Gasteiger partial charge in [-0.15, -0.1) is 0 Å². The molecule has 21 heavy (non-hydrogen) atoms. The molecule has 6 heteroatoms. The number of hydrogen-bond donors (Lipinski definition) is 3. The molecule has 112 valence electrons. The van der Waals surface area contributed by atoms with Gasteiger partial charge in [0.1, 0.15) is 5.69 Å². The second-order valence-electron chi connectivity index (χ2n) is 5.08. The first-order valence-corrected chi connectivity index (χ1v) is 6.99. The minimum absolute atomic E-state index is 0.274. The van der Waals surface area contributed by atoms with Crippen molar-refractivity contribution in [3.05, 3.63) is 36.2 Å². The zero-order valence-corrected chi connectivity index (χ0v) is 12.6. The van der Waals surface area contributed by atoms with Crippen LogP contribution in [0.3, 0.4) is 0 Å². The Morgan fingerprint density at radius 1 is 1.38 bits per heavy atom. The topological polar surface area (TPSA) is 87.0 Å². The molecule has 1 aromatic carbocycles. The Balaban J connectivity index is 2.09. The standard InChI is InChI=1S/C15H21N5O/c1-4-20(10(2)3)12-7-5-11(6-8-12)18-15(21)14-13(16)9-17-19-14/h5-10H,4,16H2,1-3H3,(H,17,19)(H,18,21). The number of rotatable bonds is 5. The average Bonchev–Trinajstić information content (AvgIpc) is 2.87. The normalized spacial score (nSPS) is 10.7. The fourth-order valence-electron chi connectivity index (χ4n) is 2.25. The highest BCUT2D eigenvalue weighted by molar-refractivity contribution is 6.06. The van der Waals surface area contributed by atoms with Crippen molar-refractivity contribution in [1.82, 2.24) is 10.2 Å². The van der Waals surface area contributed by atoms with Gasteiger partial charge < -0.3 is 16.0 Å². The van der Waals surface area contributed by atoms with Crippen LogP contribution in [-0.2, 0) is 0 Å². The Labute approximate surface area is 124 Å². The van der Waals surface area contributed by atoms with Crippen LogP contribution >= 0.6 is 0 Å². The first-order valence-electron chi connectivity index (χ1n) is 6.99. The lowest BCUT2D eigenvalue weighted by Crippen LogP contribution is -2.30. The molecule has 6 nitrogen and oxygen atoms in total. The highest BCUT2D eigenvalue weighted by Gasteiger charge is 2.12. The number of aromatic amines is 1. The van der Waals surface area contributed by atoms with Gasteiger partial charge in [0, 0.05) is 24.0 Å². The number of nitrogens with zero attached hydrogens (tertiary/aromatic N) is 2. The minimum atomic E-state index is -0.297. The zero-order valence-electron chi connectivity index (χ0n) is 12.6. The largest absolute Gasteiger partial charge is 0.396 e. The maximum Gasteiger partial charge on any atom is 0.275 e. The molecule has 0 bridgehead atoms. The molecule has 0 aliphatic carbocycles. The lowest BCUT2D eigenvalue weighted by atomic mass is 10.2. The van der Waals surface area contributed by atoms with E-state index in [0.717, 1.165) is 17.9 Å². The van der Waals surface area contributed by atoms with Gasteiger partial charge in [0.25, 0.3) is 5.91 Å². The number of aromatic nitrogens is 2. The SMILES string of the molecule is CCN(c1ccc(NC(=O)c2[nH]ncc2N)cc1)C(C)C. The van der Waals surface area contributed by atoms with Crippen molar-refractivity contribution in [2.45, 2.75) is 26.8 Å². The number of H-pyrrole nitrogens is 1. The summed E-state index contributed by atoms with van der Waals surface area (Å²) >= 11 is 0. The van der Waals surface area contributed by atoms with Gasteiger partial charge in [-0.25, -0.2) is 0 Å². The first-order chi connectivity index (χ1) is 10.0. The minimum Gasteiger partial charge on any atom is -0.396 e. The van der Waals surface area contributed by atoms with Crippen LogP contribution in [0.5, 0.6) is 0 Å². The van der Waals surface area contributed by atoms with Crippen LogP contribution in [0.1, 0.15) is 31.3 Å². The van der Waals surface area contributed by atoms with E-state index in [9.17, 15) is 4.79 Å². The molecule has 0 aliphatic rings. The molecule has 4 N–H and O–H groups in total. The first kappa shape index (κ1) is 14.9. The molecule has 0 saturated heterocycles. The zero-order chi connectivity index (χ0) is 15.4. The van der Waals surface area contributed by atoms with Crippen LogP contribution in [0.2, 0.25) is 0 Å². The summed E-state index contributed by atoms with van der Waals surface area (Å²) < 4.78 is 0. The summed E-state index contributed by atoms with van der Waals surface area (Å²) in [4.78, 5) is 14.3. The number of carbonyl (C=O) groups excluding carboxylic acids is 1. The molecule has 0 atom stereocenters. The van der Waals surface area contributed by atoms with E-state index in [1.165, 1.54) is 6.20 Å². The predicted molar refractivity (Wildman–Crippen MR) is 85.6 cm³/mol. The third-order valence-corrected chi connectivity index (χ3v) is 3.32. The summed E-state index contributed by atoms with van der Waals surface area (Å²) in [5.74, 6) is -0.297. The third-order valence-electron chi connectivity index (χ3n) is 3.32. The van der Waals surface area contributed by atoms with Crippen molar-refractivity contribution in [2.24, 2.45) is 0 Å². The number of carbonyl (C=O) groups is 1. The smallest absolute Gasteiger partial charge is 0.275 e. The van der Waals surface area contributed by atoms with Gasteiger partial charge in [-0.05, 0) is 45.0 Å². The van der Waals surface area contributed by atoms with E-state index in [1.807, 2.05) is 24.3 Å². The monoisotopic (exact) mass is 287 g/mol. The van der Waals surface area contributed by atoms with Crippen LogP contribution in [0.4, 0.5) is 17.1 Å². The fourth-order valence-corrected chi connectivity index (χ4v) is 2.25. The van der Waals surface area contributed by atoms with Crippen LogP contribution in [0.15, 0.2) is 30.5 Å². The van der Waals surface area contributed by atoms with E-state index in [1.54, 1.807) is 0 Å². The van der Waals surface area contributed by atoms with Gasteiger partial charge in [-0.2, -0.15) is 5.10 Å². The van der Waals surface area contributed by atoms with Gasteiger partial charge in [0.2, 0.25) is 0 Å². The van der Waals surface area contributed by atoms with Crippen molar-refractivity contribution >= 4 is 23.0 Å². The number of amides is 1. The number of nitrogen functional groups attached to an aromatic ring is 1. The maximum absolute atomic E-state index is 12.0. The van der Waals surface area contributed by atoms with E-state index in [4.69, 9.17) is 5.73 Å². The quantitative estimate of drug-likeness (QED) is 0.788. The van der Waals surface area contributed by atoms with E-state index in [0.29, 0.717) is 11.7 Å². The Morgan fingerprint density at radius 3 is 2.52 bits per heavy atom. The summed E-state index contributed by atoms with van der Waals surface area (Å²) in [7, 11) is 0. The van der Waals surface area contributed by atoms with Crippen molar-refractivity contribution in [3.63, 3.8) is 0 Å². The summed E-state index contributed by atoms with van der Waals surface area (Å²) in [5, 5.41) is 9.11. The van der Waals surface area contributed by atoms with Gasteiger partial charge in [0.15, 0.2) is 0 Å². The van der Waals surface area contributed by atoms with Crippen LogP contribution in [0, 0.1) is 0 Å². The molecule has 1 aromatic heterocycles. The molecule has 2 rings (SSSR count). The van der Waals surface area contributed by atoms with E-state index in [2.05, 4.69) is 41.2 Å². The molecule has 1 amide bonds. The lowest BCUT2D eigenvalue weighted by Gasteiger charge is -2.27. The van der Waals surface area contributed by atoms with Gasteiger partial charge >= 0.3 is 0 Å².